The van der Waals surface area contributed by atoms with Crippen LogP contribution in [-0.2, 0) is 16.1 Å². The molecule has 1 aromatic carbocycles. The van der Waals surface area contributed by atoms with Gasteiger partial charge in [-0.3, -0.25) is 4.79 Å². The molecule has 21 heavy (non-hydrogen) atoms. The minimum Gasteiger partial charge on any atom is -0.364 e. The molecule has 0 saturated heterocycles. The molecule has 0 bridgehead atoms. The van der Waals surface area contributed by atoms with Crippen molar-refractivity contribution in [2.24, 2.45) is 17.8 Å². The topological polar surface area (TPSA) is 38.3 Å². The molecule has 0 saturated carbocycles. The van der Waals surface area contributed by atoms with Crippen molar-refractivity contribution < 1.29 is 9.53 Å². The van der Waals surface area contributed by atoms with E-state index in [9.17, 15) is 4.79 Å². The average molecular weight is 291 g/mol. The first-order valence-corrected chi connectivity index (χ1v) is 7.85. The van der Waals surface area contributed by atoms with E-state index >= 15 is 0 Å². The first-order chi connectivity index (χ1) is 9.91. The summed E-state index contributed by atoms with van der Waals surface area (Å²) < 4.78 is 5.63. The van der Waals surface area contributed by atoms with Gasteiger partial charge in [-0.05, 0) is 30.2 Å². The molecule has 0 aliphatic heterocycles. The number of hydrogen-bond acceptors (Lipinski definition) is 2. The lowest BCUT2D eigenvalue weighted by Crippen LogP contribution is -2.39. The molecule has 0 spiro atoms. The number of ether oxygens (including phenoxy) is 1. The Morgan fingerprint density at radius 3 is 2.14 bits per heavy atom. The zero-order chi connectivity index (χ0) is 15.8. The molecule has 0 heterocycles. The summed E-state index contributed by atoms with van der Waals surface area (Å²) in [5, 5.41) is 3.02. The van der Waals surface area contributed by atoms with Gasteiger partial charge in [0.1, 0.15) is 6.10 Å². The molecule has 0 aromatic heterocycles. The molecule has 3 heteroatoms. The molecular weight excluding hydrogens is 262 g/mol. The lowest BCUT2D eigenvalue weighted by atomic mass is 9.85. The molecule has 1 amide bonds. The molecule has 0 radical (unpaired) electrons. The number of nitrogens with one attached hydrogen (secondary N) is 1. The normalized spacial score (nSPS) is 13.0. The summed E-state index contributed by atoms with van der Waals surface area (Å²) in [6.07, 6.45) is -0.426. The van der Waals surface area contributed by atoms with Crippen molar-refractivity contribution in [1.82, 2.24) is 5.32 Å². The van der Waals surface area contributed by atoms with Crippen LogP contribution >= 0.6 is 0 Å². The first-order valence-electron chi connectivity index (χ1n) is 7.85. The van der Waals surface area contributed by atoms with Crippen molar-refractivity contribution in [2.75, 3.05) is 6.54 Å². The van der Waals surface area contributed by atoms with Crippen LogP contribution in [0.3, 0.4) is 0 Å². The molecule has 0 aliphatic carbocycles. The molecular formula is C18H29NO2. The number of rotatable bonds is 8. The maximum Gasteiger partial charge on any atom is 0.248 e. The van der Waals surface area contributed by atoms with E-state index in [4.69, 9.17) is 4.74 Å². The molecule has 0 aliphatic rings. The summed E-state index contributed by atoms with van der Waals surface area (Å²) >= 11 is 0. The fraction of sp³-hybridized carbons (Fsp3) is 0.611. The predicted octanol–water partition coefficient (Wildman–Crippen LogP) is 3.64. The first kappa shape index (κ1) is 17.7. The number of amides is 1. The van der Waals surface area contributed by atoms with Gasteiger partial charge in [-0.25, -0.2) is 0 Å². The summed E-state index contributed by atoms with van der Waals surface area (Å²) in [6, 6.07) is 9.91. The summed E-state index contributed by atoms with van der Waals surface area (Å²) in [4.78, 5) is 12.1. The lowest BCUT2D eigenvalue weighted by Gasteiger charge is -2.25. The second kappa shape index (κ2) is 8.83. The predicted molar refractivity (Wildman–Crippen MR) is 86.9 cm³/mol. The van der Waals surface area contributed by atoms with E-state index in [-0.39, 0.29) is 5.91 Å². The SMILES string of the molecule is CC(OCc1ccccc1)C(=O)NCC(C(C)C)C(C)C. The van der Waals surface area contributed by atoms with Gasteiger partial charge >= 0.3 is 0 Å². The van der Waals surface area contributed by atoms with Crippen molar-refractivity contribution in [3.8, 4) is 0 Å². The van der Waals surface area contributed by atoms with E-state index in [0.29, 0.717) is 30.9 Å². The van der Waals surface area contributed by atoms with E-state index < -0.39 is 6.10 Å². The van der Waals surface area contributed by atoms with E-state index in [2.05, 4.69) is 33.0 Å². The Morgan fingerprint density at radius 1 is 1.05 bits per heavy atom. The number of benzene rings is 1. The van der Waals surface area contributed by atoms with Crippen LogP contribution in [0.25, 0.3) is 0 Å². The molecule has 1 atom stereocenters. The van der Waals surface area contributed by atoms with Crippen LogP contribution in [0.5, 0.6) is 0 Å². The highest BCUT2D eigenvalue weighted by Crippen LogP contribution is 2.19. The van der Waals surface area contributed by atoms with Gasteiger partial charge in [-0.15, -0.1) is 0 Å². The van der Waals surface area contributed by atoms with Gasteiger partial charge in [0.15, 0.2) is 0 Å². The quantitative estimate of drug-likeness (QED) is 0.794. The zero-order valence-electron chi connectivity index (χ0n) is 13.9. The van der Waals surface area contributed by atoms with Gasteiger partial charge in [0.2, 0.25) is 5.91 Å². The summed E-state index contributed by atoms with van der Waals surface area (Å²) in [5.74, 6) is 1.59. The van der Waals surface area contributed by atoms with E-state index in [1.54, 1.807) is 6.92 Å². The Bertz CT molecular complexity index is 406. The Morgan fingerprint density at radius 2 is 1.62 bits per heavy atom. The molecule has 1 N–H and O–H groups in total. The van der Waals surface area contributed by atoms with Crippen LogP contribution in [0.2, 0.25) is 0 Å². The maximum absolute atomic E-state index is 12.1. The third-order valence-corrected chi connectivity index (χ3v) is 3.94. The Kier molecular flexibility index (Phi) is 7.44. The smallest absolute Gasteiger partial charge is 0.248 e. The zero-order valence-corrected chi connectivity index (χ0v) is 13.9. The van der Waals surface area contributed by atoms with Crippen LogP contribution < -0.4 is 5.32 Å². The maximum atomic E-state index is 12.1. The third-order valence-electron chi connectivity index (χ3n) is 3.94. The van der Waals surface area contributed by atoms with Crippen molar-refractivity contribution in [1.29, 1.82) is 0 Å². The molecule has 0 fully saturated rings. The molecule has 1 rings (SSSR count). The van der Waals surface area contributed by atoms with Gasteiger partial charge in [-0.1, -0.05) is 58.0 Å². The third kappa shape index (κ3) is 6.30. The molecule has 1 aromatic rings. The Labute approximate surface area is 129 Å². The molecule has 1 unspecified atom stereocenters. The highest BCUT2D eigenvalue weighted by atomic mass is 16.5. The number of carbonyl (C=O) groups excluding carboxylic acids is 1. The molecule has 3 nitrogen and oxygen atoms in total. The van der Waals surface area contributed by atoms with E-state index in [1.807, 2.05) is 30.3 Å². The number of carbonyl (C=O) groups is 1. The largest absolute Gasteiger partial charge is 0.364 e. The van der Waals surface area contributed by atoms with Crippen molar-refractivity contribution in [2.45, 2.75) is 47.3 Å². The minimum atomic E-state index is -0.426. The highest BCUT2D eigenvalue weighted by Gasteiger charge is 2.20. The van der Waals surface area contributed by atoms with Gasteiger partial charge < -0.3 is 10.1 Å². The fourth-order valence-corrected chi connectivity index (χ4v) is 2.47. The van der Waals surface area contributed by atoms with Gasteiger partial charge in [0.05, 0.1) is 6.61 Å². The van der Waals surface area contributed by atoms with Crippen molar-refractivity contribution >= 4 is 5.91 Å². The van der Waals surface area contributed by atoms with Crippen molar-refractivity contribution in [3.63, 3.8) is 0 Å². The van der Waals surface area contributed by atoms with Crippen molar-refractivity contribution in [3.05, 3.63) is 35.9 Å². The minimum absolute atomic E-state index is 0.0303. The summed E-state index contributed by atoms with van der Waals surface area (Å²) in [6.45, 7) is 11.8. The summed E-state index contributed by atoms with van der Waals surface area (Å²) in [5.41, 5.74) is 1.08. The van der Waals surface area contributed by atoms with Gasteiger partial charge in [0.25, 0.3) is 0 Å². The molecule has 118 valence electrons. The van der Waals surface area contributed by atoms with Crippen LogP contribution in [0.4, 0.5) is 0 Å². The average Bonchev–Trinajstić information content (AvgIpc) is 2.45. The lowest BCUT2D eigenvalue weighted by molar-refractivity contribution is -0.132. The standard InChI is InChI=1S/C18H29NO2/c1-13(2)17(14(3)4)11-19-18(20)15(5)21-12-16-9-7-6-8-10-16/h6-10,13-15,17H,11-12H2,1-5H3,(H,19,20). The highest BCUT2D eigenvalue weighted by molar-refractivity contribution is 5.80. The van der Waals surface area contributed by atoms with Crippen LogP contribution in [-0.4, -0.2) is 18.6 Å². The van der Waals surface area contributed by atoms with Crippen LogP contribution in [0.15, 0.2) is 30.3 Å². The number of hydrogen-bond donors (Lipinski definition) is 1. The second-order valence-corrected chi connectivity index (χ2v) is 6.34. The Hall–Kier alpha value is -1.35. The second-order valence-electron chi connectivity index (χ2n) is 6.34. The van der Waals surface area contributed by atoms with E-state index in [1.165, 1.54) is 0 Å². The van der Waals surface area contributed by atoms with E-state index in [0.717, 1.165) is 5.56 Å². The fourth-order valence-electron chi connectivity index (χ4n) is 2.47. The van der Waals surface area contributed by atoms with Crippen LogP contribution in [0.1, 0.15) is 40.2 Å². The van der Waals surface area contributed by atoms with Gasteiger partial charge in [-0.2, -0.15) is 0 Å². The van der Waals surface area contributed by atoms with Crippen LogP contribution in [0, 0.1) is 17.8 Å². The van der Waals surface area contributed by atoms with Gasteiger partial charge in [0, 0.05) is 6.54 Å². The summed E-state index contributed by atoms with van der Waals surface area (Å²) in [7, 11) is 0. The Balaban J connectivity index is 2.37. The monoisotopic (exact) mass is 291 g/mol.